The molecule has 0 N–H and O–H groups in total. The molecule has 0 aliphatic carbocycles. The number of rotatable bonds is 8. The number of carbonyl (C=O) groups is 1. The van der Waals surface area contributed by atoms with Crippen LogP contribution in [-0.4, -0.2) is 57.8 Å². The normalized spacial score (nSPS) is 14.7. The van der Waals surface area contributed by atoms with Gasteiger partial charge in [-0.3, -0.25) is 4.79 Å². The van der Waals surface area contributed by atoms with E-state index in [1.165, 1.54) is 0 Å². The molecule has 198 valence electrons. The molecule has 3 aromatic carbocycles. The summed E-state index contributed by atoms with van der Waals surface area (Å²) in [5.74, 6) is 0.158. The quantitative estimate of drug-likeness (QED) is 0.286. The summed E-state index contributed by atoms with van der Waals surface area (Å²) in [5, 5.41) is 0.902. The van der Waals surface area contributed by atoms with Crippen molar-refractivity contribution in [2.24, 2.45) is 0 Å². The van der Waals surface area contributed by atoms with Crippen LogP contribution in [0.2, 0.25) is 0 Å². The fourth-order valence-corrected chi connectivity index (χ4v) is 6.35. The Hall–Kier alpha value is -3.62. The minimum absolute atomic E-state index is 0.161. The Morgan fingerprint density at radius 2 is 1.53 bits per heavy atom. The first-order valence-corrected chi connectivity index (χ1v) is 14.5. The smallest absolute Gasteiger partial charge is 0.243 e. The third-order valence-electron chi connectivity index (χ3n) is 7.25. The highest BCUT2D eigenvalue weighted by molar-refractivity contribution is 7.89. The number of sulfonamides is 1. The van der Waals surface area contributed by atoms with Gasteiger partial charge < -0.3 is 14.2 Å². The summed E-state index contributed by atoms with van der Waals surface area (Å²) in [7, 11) is -3.51. The molecule has 0 spiro atoms. The van der Waals surface area contributed by atoms with Crippen molar-refractivity contribution in [2.75, 3.05) is 49.1 Å². The molecule has 0 saturated carbocycles. The van der Waals surface area contributed by atoms with Gasteiger partial charge >= 0.3 is 0 Å². The maximum Gasteiger partial charge on any atom is 0.243 e. The predicted molar refractivity (Wildman–Crippen MR) is 152 cm³/mol. The van der Waals surface area contributed by atoms with Crippen molar-refractivity contribution in [1.29, 1.82) is 0 Å². The number of ketones is 1. The van der Waals surface area contributed by atoms with Crippen LogP contribution in [0, 0.1) is 6.92 Å². The first kappa shape index (κ1) is 26.0. The third-order valence-corrected chi connectivity index (χ3v) is 9.16. The fraction of sp³-hybridized carbons (Fsp3) is 0.300. The maximum atomic E-state index is 13.2. The Morgan fingerprint density at radius 1 is 0.868 bits per heavy atom. The second kappa shape index (κ2) is 10.6. The van der Waals surface area contributed by atoms with Gasteiger partial charge in [-0.25, -0.2) is 8.42 Å². The van der Waals surface area contributed by atoms with Crippen molar-refractivity contribution in [2.45, 2.75) is 25.7 Å². The van der Waals surface area contributed by atoms with Gasteiger partial charge in [0.25, 0.3) is 0 Å². The van der Waals surface area contributed by atoms with Crippen molar-refractivity contribution in [3.8, 4) is 0 Å². The molecule has 1 aromatic heterocycles. The Kier molecular flexibility index (Phi) is 7.27. The van der Waals surface area contributed by atoms with Crippen LogP contribution in [0.3, 0.4) is 0 Å². The molecule has 0 radical (unpaired) electrons. The zero-order valence-electron chi connectivity index (χ0n) is 22.1. The van der Waals surface area contributed by atoms with Gasteiger partial charge in [0.05, 0.1) is 4.90 Å². The average Bonchev–Trinajstić information content (AvgIpc) is 3.37. The molecule has 1 aliphatic heterocycles. The molecule has 0 bridgehead atoms. The Bertz CT molecular complexity index is 1530. The number of piperazine rings is 1. The molecule has 0 amide bonds. The van der Waals surface area contributed by atoms with Gasteiger partial charge in [-0.15, -0.1) is 0 Å². The average molecular weight is 532 g/mol. The summed E-state index contributed by atoms with van der Waals surface area (Å²) >= 11 is 0. The highest BCUT2D eigenvalue weighted by Crippen LogP contribution is 2.27. The molecule has 0 unspecified atom stereocenters. The van der Waals surface area contributed by atoms with Crippen molar-refractivity contribution >= 4 is 38.2 Å². The van der Waals surface area contributed by atoms with Crippen molar-refractivity contribution < 1.29 is 17.6 Å². The van der Waals surface area contributed by atoms with Crippen LogP contribution < -0.4 is 9.80 Å². The van der Waals surface area contributed by atoms with E-state index in [0.717, 1.165) is 35.4 Å². The fourth-order valence-electron chi connectivity index (χ4n) is 4.93. The summed E-state index contributed by atoms with van der Waals surface area (Å²) in [6.07, 6.45) is 0. The lowest BCUT2D eigenvalue weighted by atomic mass is 10.1. The molecule has 1 aliphatic rings. The minimum Gasteiger partial charge on any atom is -0.452 e. The minimum atomic E-state index is -3.51. The molecule has 2 heterocycles. The third kappa shape index (κ3) is 5.06. The van der Waals surface area contributed by atoms with Gasteiger partial charge in [0.15, 0.2) is 5.76 Å². The van der Waals surface area contributed by atoms with Crippen molar-refractivity contribution in [1.82, 2.24) is 4.31 Å². The molecule has 8 heteroatoms. The Labute approximate surface area is 224 Å². The van der Waals surface area contributed by atoms with E-state index in [1.54, 1.807) is 22.5 Å². The number of furan rings is 1. The first-order chi connectivity index (χ1) is 18.3. The SMILES string of the molecule is CCN(CC)c1ccc2cc(C(=O)c3ccc(N4CCN(S(=O)(=O)c5ccc(C)cc5)CC4)cc3)oc2c1. The van der Waals surface area contributed by atoms with Crippen LogP contribution in [0.5, 0.6) is 0 Å². The number of fused-ring (bicyclic) bond motifs is 1. The zero-order valence-corrected chi connectivity index (χ0v) is 22.9. The van der Waals surface area contributed by atoms with E-state index < -0.39 is 10.0 Å². The van der Waals surface area contributed by atoms with Crippen LogP contribution in [0.1, 0.15) is 35.5 Å². The van der Waals surface area contributed by atoms with E-state index in [2.05, 4.69) is 29.7 Å². The van der Waals surface area contributed by atoms with Crippen molar-refractivity contribution in [3.05, 3.63) is 89.7 Å². The number of benzene rings is 3. The monoisotopic (exact) mass is 531 g/mol. The molecule has 5 rings (SSSR count). The molecule has 1 fully saturated rings. The molecular formula is C30H33N3O4S. The number of aryl methyl sites for hydroxylation is 1. The lowest BCUT2D eigenvalue weighted by Crippen LogP contribution is -2.48. The van der Waals surface area contributed by atoms with Crippen molar-refractivity contribution in [3.63, 3.8) is 0 Å². The summed E-state index contributed by atoms with van der Waals surface area (Å²) in [6, 6.07) is 22.2. The highest BCUT2D eigenvalue weighted by Gasteiger charge is 2.28. The number of nitrogens with zero attached hydrogens (tertiary/aromatic N) is 3. The van der Waals surface area contributed by atoms with Gasteiger partial charge in [-0.05, 0) is 75.4 Å². The van der Waals surface area contributed by atoms with E-state index in [9.17, 15) is 13.2 Å². The zero-order chi connectivity index (χ0) is 26.9. The number of hydrogen-bond donors (Lipinski definition) is 0. The van der Waals surface area contributed by atoms with Crippen LogP contribution in [0.25, 0.3) is 11.0 Å². The van der Waals surface area contributed by atoms with Gasteiger partial charge in [0, 0.05) is 67.7 Å². The van der Waals surface area contributed by atoms with Gasteiger partial charge in [0.2, 0.25) is 15.8 Å². The largest absolute Gasteiger partial charge is 0.452 e. The standard InChI is InChI=1S/C30H33N3O4S/c1-4-31(5-2)26-13-10-24-20-29(37-28(24)21-26)30(34)23-8-11-25(12-9-23)32-16-18-33(19-17-32)38(35,36)27-14-6-22(3)7-15-27/h6-15,20-21H,4-5,16-19H2,1-3H3. The summed E-state index contributed by atoms with van der Waals surface area (Å²) in [5.41, 5.74) is 4.32. The number of carbonyl (C=O) groups excluding carboxylic acids is 1. The lowest BCUT2D eigenvalue weighted by molar-refractivity contribution is 0.101. The molecule has 38 heavy (non-hydrogen) atoms. The molecule has 1 saturated heterocycles. The lowest BCUT2D eigenvalue weighted by Gasteiger charge is -2.35. The highest BCUT2D eigenvalue weighted by atomic mass is 32.2. The molecule has 4 aromatic rings. The molecular weight excluding hydrogens is 498 g/mol. The summed E-state index contributed by atoms with van der Waals surface area (Å²) < 4.78 is 33.5. The predicted octanol–water partition coefficient (Wildman–Crippen LogP) is 5.33. The maximum absolute atomic E-state index is 13.2. The van der Waals surface area contributed by atoms with Crippen LogP contribution in [0.4, 0.5) is 11.4 Å². The van der Waals surface area contributed by atoms with Gasteiger partial charge in [-0.2, -0.15) is 4.31 Å². The first-order valence-electron chi connectivity index (χ1n) is 13.0. The summed E-state index contributed by atoms with van der Waals surface area (Å²) in [4.78, 5) is 17.9. The molecule has 7 nitrogen and oxygen atoms in total. The van der Waals surface area contributed by atoms with E-state index >= 15 is 0 Å². The van der Waals surface area contributed by atoms with Crippen LogP contribution in [-0.2, 0) is 10.0 Å². The number of hydrogen-bond acceptors (Lipinski definition) is 6. The summed E-state index contributed by atoms with van der Waals surface area (Å²) in [6.45, 7) is 9.94. The van der Waals surface area contributed by atoms with E-state index in [1.807, 2.05) is 55.5 Å². The Morgan fingerprint density at radius 3 is 2.16 bits per heavy atom. The van der Waals surface area contributed by atoms with Crippen LogP contribution >= 0.6 is 0 Å². The Balaban J connectivity index is 1.25. The van der Waals surface area contributed by atoms with E-state index in [0.29, 0.717) is 48.0 Å². The van der Waals surface area contributed by atoms with Crippen LogP contribution in [0.15, 0.2) is 82.1 Å². The second-order valence-corrected chi connectivity index (χ2v) is 11.5. The van der Waals surface area contributed by atoms with E-state index in [4.69, 9.17) is 4.42 Å². The molecule has 0 atom stereocenters. The second-order valence-electron chi connectivity index (χ2n) is 9.59. The van der Waals surface area contributed by atoms with Gasteiger partial charge in [-0.1, -0.05) is 17.7 Å². The van der Waals surface area contributed by atoms with E-state index in [-0.39, 0.29) is 5.78 Å². The number of anilines is 2. The van der Waals surface area contributed by atoms with Gasteiger partial charge in [0.1, 0.15) is 5.58 Å². The topological polar surface area (TPSA) is 74.1 Å².